The molecule has 1 rings (SSSR count). The molecule has 0 aromatic heterocycles. The summed E-state index contributed by atoms with van der Waals surface area (Å²) in [4.78, 5) is 0. The highest BCUT2D eigenvalue weighted by molar-refractivity contribution is 9.08. The topological polar surface area (TPSA) is 38.0 Å². The first-order valence-electron chi connectivity index (χ1n) is 3.40. The second-order valence-electron chi connectivity index (χ2n) is 2.43. The molecule has 0 bridgehead atoms. The fourth-order valence-corrected chi connectivity index (χ4v) is 1.26. The largest absolute Gasteiger partial charge is 0.324 e. The van der Waals surface area contributed by atoms with Gasteiger partial charge in [0.2, 0.25) is 0 Å². The Kier molecular flexibility index (Phi) is 2.91. The zero-order valence-electron chi connectivity index (χ0n) is 6.39. The lowest BCUT2D eigenvalue weighted by molar-refractivity contribution is 1.28. The van der Waals surface area contributed by atoms with Crippen LogP contribution in [0.2, 0.25) is 0 Å². The van der Waals surface area contributed by atoms with Gasteiger partial charge in [0, 0.05) is 5.33 Å². The van der Waals surface area contributed by atoms with Crippen molar-refractivity contribution in [3.8, 4) is 0 Å². The number of rotatable bonds is 2. The molecule has 1 aromatic carbocycles. The minimum absolute atomic E-state index is 0.863. The standard InChI is InChI=1S/C8H11BrN2/c1-6-2-3-7(5-9)4-8(6)11-10/h2-4,11H,5,10H2,1H3. The molecule has 2 nitrogen and oxygen atoms in total. The average Bonchev–Trinajstić information content (AvgIpc) is 2.05. The molecule has 0 aliphatic carbocycles. The van der Waals surface area contributed by atoms with Crippen LogP contribution in [0.3, 0.4) is 0 Å². The van der Waals surface area contributed by atoms with E-state index in [0.29, 0.717) is 0 Å². The van der Waals surface area contributed by atoms with Crippen molar-refractivity contribution in [1.29, 1.82) is 0 Å². The van der Waals surface area contributed by atoms with Crippen LogP contribution in [-0.4, -0.2) is 0 Å². The first-order valence-corrected chi connectivity index (χ1v) is 4.52. The predicted octanol–water partition coefficient (Wildman–Crippen LogP) is 2.18. The Bertz CT molecular complexity index is 248. The molecule has 0 heterocycles. The Morgan fingerprint density at radius 2 is 2.27 bits per heavy atom. The lowest BCUT2D eigenvalue weighted by Gasteiger charge is -2.05. The summed E-state index contributed by atoms with van der Waals surface area (Å²) in [6.07, 6.45) is 0. The summed E-state index contributed by atoms with van der Waals surface area (Å²) < 4.78 is 0. The third-order valence-electron chi connectivity index (χ3n) is 1.61. The molecule has 0 aliphatic rings. The Morgan fingerprint density at radius 1 is 1.55 bits per heavy atom. The Morgan fingerprint density at radius 3 is 2.82 bits per heavy atom. The number of nitrogen functional groups attached to an aromatic ring is 1. The van der Waals surface area contributed by atoms with Gasteiger partial charge in [-0.05, 0) is 24.1 Å². The molecule has 0 unspecified atom stereocenters. The molecule has 0 fully saturated rings. The highest BCUT2D eigenvalue weighted by atomic mass is 79.9. The number of benzene rings is 1. The molecule has 0 atom stereocenters. The Labute approximate surface area is 74.9 Å². The third kappa shape index (κ3) is 1.94. The summed E-state index contributed by atoms with van der Waals surface area (Å²) in [6, 6.07) is 6.15. The van der Waals surface area contributed by atoms with Gasteiger partial charge < -0.3 is 5.43 Å². The number of nitrogens with two attached hydrogens (primary N) is 1. The van der Waals surface area contributed by atoms with Gasteiger partial charge in [-0.25, -0.2) is 0 Å². The van der Waals surface area contributed by atoms with Gasteiger partial charge in [-0.1, -0.05) is 28.1 Å². The maximum absolute atomic E-state index is 5.31. The number of aryl methyl sites for hydroxylation is 1. The minimum Gasteiger partial charge on any atom is -0.324 e. The highest BCUT2D eigenvalue weighted by Gasteiger charge is 1.96. The van der Waals surface area contributed by atoms with Crippen LogP contribution in [0.15, 0.2) is 18.2 Å². The van der Waals surface area contributed by atoms with E-state index in [-0.39, 0.29) is 0 Å². The van der Waals surface area contributed by atoms with Crippen LogP contribution in [0.4, 0.5) is 5.69 Å². The molecular weight excluding hydrogens is 204 g/mol. The zero-order chi connectivity index (χ0) is 8.27. The van der Waals surface area contributed by atoms with Crippen LogP contribution < -0.4 is 11.3 Å². The van der Waals surface area contributed by atoms with E-state index >= 15 is 0 Å². The van der Waals surface area contributed by atoms with Crippen LogP contribution in [-0.2, 0) is 5.33 Å². The van der Waals surface area contributed by atoms with Crippen molar-refractivity contribution in [3.05, 3.63) is 29.3 Å². The normalized spacial score (nSPS) is 9.73. The van der Waals surface area contributed by atoms with Crippen LogP contribution in [0.25, 0.3) is 0 Å². The monoisotopic (exact) mass is 214 g/mol. The highest BCUT2D eigenvalue weighted by Crippen LogP contribution is 2.16. The molecule has 11 heavy (non-hydrogen) atoms. The Balaban J connectivity index is 3.02. The molecule has 0 aliphatic heterocycles. The van der Waals surface area contributed by atoms with E-state index in [4.69, 9.17) is 5.84 Å². The first-order chi connectivity index (χ1) is 5.27. The van der Waals surface area contributed by atoms with Crippen molar-refractivity contribution < 1.29 is 0 Å². The van der Waals surface area contributed by atoms with Crippen molar-refractivity contribution in [2.45, 2.75) is 12.3 Å². The number of halogens is 1. The average molecular weight is 215 g/mol. The molecule has 1 aromatic rings. The van der Waals surface area contributed by atoms with Gasteiger partial charge in [-0.15, -0.1) is 0 Å². The van der Waals surface area contributed by atoms with E-state index in [1.165, 1.54) is 5.56 Å². The molecule has 3 heteroatoms. The van der Waals surface area contributed by atoms with Crippen LogP contribution in [0.5, 0.6) is 0 Å². The molecule has 0 saturated carbocycles. The summed E-state index contributed by atoms with van der Waals surface area (Å²) in [5.74, 6) is 5.31. The zero-order valence-corrected chi connectivity index (χ0v) is 7.98. The Hall–Kier alpha value is -0.540. The van der Waals surface area contributed by atoms with Crippen molar-refractivity contribution >= 4 is 21.6 Å². The van der Waals surface area contributed by atoms with E-state index in [1.807, 2.05) is 19.1 Å². The lowest BCUT2D eigenvalue weighted by Crippen LogP contribution is -2.08. The number of anilines is 1. The van der Waals surface area contributed by atoms with E-state index in [0.717, 1.165) is 16.6 Å². The van der Waals surface area contributed by atoms with E-state index in [9.17, 15) is 0 Å². The molecule has 60 valence electrons. The second kappa shape index (κ2) is 3.74. The molecule has 0 saturated heterocycles. The number of hydrogen-bond acceptors (Lipinski definition) is 2. The van der Waals surface area contributed by atoms with E-state index in [2.05, 4.69) is 27.4 Å². The molecule has 0 spiro atoms. The van der Waals surface area contributed by atoms with Crippen LogP contribution in [0, 0.1) is 6.92 Å². The van der Waals surface area contributed by atoms with Gasteiger partial charge in [0.1, 0.15) is 0 Å². The SMILES string of the molecule is Cc1ccc(CBr)cc1NN. The van der Waals surface area contributed by atoms with Gasteiger partial charge in [0.15, 0.2) is 0 Å². The summed E-state index contributed by atoms with van der Waals surface area (Å²) >= 11 is 3.38. The molecule has 0 amide bonds. The van der Waals surface area contributed by atoms with Crippen molar-refractivity contribution in [2.24, 2.45) is 5.84 Å². The number of hydrazine groups is 1. The fourth-order valence-electron chi connectivity index (χ4n) is 0.908. The van der Waals surface area contributed by atoms with Gasteiger partial charge in [-0.3, -0.25) is 5.84 Å². The summed E-state index contributed by atoms with van der Waals surface area (Å²) in [7, 11) is 0. The third-order valence-corrected chi connectivity index (χ3v) is 2.26. The van der Waals surface area contributed by atoms with E-state index < -0.39 is 0 Å². The molecule has 3 N–H and O–H groups in total. The second-order valence-corrected chi connectivity index (χ2v) is 2.99. The minimum atomic E-state index is 0.863. The van der Waals surface area contributed by atoms with Crippen LogP contribution >= 0.6 is 15.9 Å². The van der Waals surface area contributed by atoms with Crippen molar-refractivity contribution in [2.75, 3.05) is 5.43 Å². The van der Waals surface area contributed by atoms with Gasteiger partial charge in [0.05, 0.1) is 5.69 Å². The smallest absolute Gasteiger partial charge is 0.0517 e. The summed E-state index contributed by atoms with van der Waals surface area (Å²) in [5.41, 5.74) is 6.03. The van der Waals surface area contributed by atoms with Crippen molar-refractivity contribution in [1.82, 2.24) is 0 Å². The van der Waals surface area contributed by atoms with Gasteiger partial charge in [-0.2, -0.15) is 0 Å². The lowest BCUT2D eigenvalue weighted by atomic mass is 10.1. The summed E-state index contributed by atoms with van der Waals surface area (Å²) in [5, 5.41) is 0.863. The summed E-state index contributed by atoms with van der Waals surface area (Å²) in [6.45, 7) is 2.02. The predicted molar refractivity (Wildman–Crippen MR) is 51.6 cm³/mol. The van der Waals surface area contributed by atoms with E-state index in [1.54, 1.807) is 0 Å². The maximum atomic E-state index is 5.31. The maximum Gasteiger partial charge on any atom is 0.0517 e. The molecule has 0 radical (unpaired) electrons. The number of nitrogens with one attached hydrogen (secondary N) is 1. The number of alkyl halides is 1. The first kappa shape index (κ1) is 8.56. The van der Waals surface area contributed by atoms with Gasteiger partial charge in [0.25, 0.3) is 0 Å². The van der Waals surface area contributed by atoms with Crippen LogP contribution in [0.1, 0.15) is 11.1 Å². The molecular formula is C8H11BrN2. The fraction of sp³-hybridized carbons (Fsp3) is 0.250. The van der Waals surface area contributed by atoms with Gasteiger partial charge >= 0.3 is 0 Å². The van der Waals surface area contributed by atoms with Crippen molar-refractivity contribution in [3.63, 3.8) is 0 Å². The quantitative estimate of drug-likeness (QED) is 0.450. The number of hydrogen-bond donors (Lipinski definition) is 2.